The lowest BCUT2D eigenvalue weighted by atomic mass is 9.98. The van der Waals surface area contributed by atoms with E-state index in [1.165, 1.54) is 19.1 Å². The Morgan fingerprint density at radius 2 is 1.95 bits per heavy atom. The fraction of sp³-hybridized carbons (Fsp3) is 0.560. The summed E-state index contributed by atoms with van der Waals surface area (Å²) < 4.78 is 52.4. The van der Waals surface area contributed by atoms with Crippen LogP contribution in [0.3, 0.4) is 0 Å². The van der Waals surface area contributed by atoms with Gasteiger partial charge in [-0.1, -0.05) is 24.6 Å². The molecule has 1 saturated heterocycles. The fourth-order valence-corrected chi connectivity index (χ4v) is 6.09. The molecule has 0 unspecified atom stereocenters. The number of alkyl halides is 1. The normalized spacial score (nSPS) is 27.9. The first-order valence-corrected chi connectivity index (χ1v) is 14.3. The lowest BCUT2D eigenvalue weighted by Gasteiger charge is -2.27. The summed E-state index contributed by atoms with van der Waals surface area (Å²) in [6, 6.07) is 7.99. The van der Waals surface area contributed by atoms with E-state index in [1.807, 2.05) is 4.98 Å². The molecule has 0 amide bonds. The zero-order valence-corrected chi connectivity index (χ0v) is 22.6. The molecular weight excluding hydrogens is 536 g/mol. The van der Waals surface area contributed by atoms with Gasteiger partial charge < -0.3 is 19.1 Å². The summed E-state index contributed by atoms with van der Waals surface area (Å²) in [6.45, 7) is 1.85. The number of hydrogen-bond donors (Lipinski definition) is 3. The number of aliphatic hydroxyl groups is 1. The van der Waals surface area contributed by atoms with Crippen LogP contribution in [-0.4, -0.2) is 57.3 Å². The van der Waals surface area contributed by atoms with Crippen LogP contribution in [0.4, 0.5) is 4.39 Å². The first-order valence-electron chi connectivity index (χ1n) is 12.8. The van der Waals surface area contributed by atoms with Crippen LogP contribution in [0.25, 0.3) is 0 Å². The largest absolute Gasteiger partial charge is 0.461 e. The molecule has 214 valence electrons. The third kappa shape index (κ3) is 7.03. The summed E-state index contributed by atoms with van der Waals surface area (Å²) in [5, 5.41) is 13.2. The van der Waals surface area contributed by atoms with E-state index in [4.69, 9.17) is 18.5 Å². The Hall–Kier alpha value is -2.83. The Balaban J connectivity index is 1.48. The second-order valence-corrected chi connectivity index (χ2v) is 11.6. The zero-order valence-electron chi connectivity index (χ0n) is 21.7. The van der Waals surface area contributed by atoms with E-state index in [1.54, 1.807) is 18.2 Å². The molecule has 2 heterocycles. The monoisotopic (exact) mass is 569 g/mol. The second kappa shape index (κ2) is 12.1. The first-order chi connectivity index (χ1) is 18.5. The van der Waals surface area contributed by atoms with Crippen LogP contribution in [0.15, 0.2) is 52.2 Å². The van der Waals surface area contributed by atoms with Gasteiger partial charge in [0.15, 0.2) is 11.9 Å². The molecule has 2 aliphatic rings. The van der Waals surface area contributed by atoms with Gasteiger partial charge in [0.05, 0.1) is 6.61 Å². The molecule has 1 aromatic carbocycles. The standard InChI is InChI=1S/C25H33FN3O9P/c1-16(22(32)36-17-9-5-3-6-10-17)28-39(34,38-18-11-7-4-8-12-18)35-15-19-21(31)25(2,26)23(37-19)29-14-13-20(30)27-24(29)33/h4,7-8,11-14,16-17,19,21,23,31H,3,5-6,9-10,15H2,1-2H3,(H,28,34)(H,27,30,33)/t16-,19+,21+,23+,25+,39+/m0/s1. The van der Waals surface area contributed by atoms with Crippen molar-refractivity contribution in [2.45, 2.75) is 82.2 Å². The SMILES string of the molecule is C[C@H](N[P@@](=O)(OC[C@H]1O[C@@H](n2ccc(=O)[nH]c2=O)[C@](C)(F)[C@@H]1O)Oc1ccccc1)C(=O)OC1CCCCC1. The summed E-state index contributed by atoms with van der Waals surface area (Å²) in [5.41, 5.74) is -4.10. The van der Waals surface area contributed by atoms with Gasteiger partial charge >= 0.3 is 19.4 Å². The molecule has 39 heavy (non-hydrogen) atoms. The highest BCUT2D eigenvalue weighted by Gasteiger charge is 2.56. The lowest BCUT2D eigenvalue weighted by Crippen LogP contribution is -2.44. The number of para-hydroxylation sites is 1. The van der Waals surface area contributed by atoms with Crippen molar-refractivity contribution in [3.05, 3.63) is 63.4 Å². The number of nitrogens with one attached hydrogen (secondary N) is 2. The summed E-state index contributed by atoms with van der Waals surface area (Å²) in [5.74, 6) is -0.463. The van der Waals surface area contributed by atoms with E-state index >= 15 is 4.39 Å². The van der Waals surface area contributed by atoms with Crippen molar-refractivity contribution < 1.29 is 37.4 Å². The van der Waals surface area contributed by atoms with Gasteiger partial charge in [-0.15, -0.1) is 0 Å². The Morgan fingerprint density at radius 3 is 2.62 bits per heavy atom. The quantitative estimate of drug-likeness (QED) is 0.287. The van der Waals surface area contributed by atoms with Crippen LogP contribution in [0.5, 0.6) is 5.75 Å². The van der Waals surface area contributed by atoms with Gasteiger partial charge in [0.25, 0.3) is 5.56 Å². The number of H-pyrrole nitrogens is 1. The van der Waals surface area contributed by atoms with Gasteiger partial charge in [-0.05, 0) is 51.7 Å². The number of nitrogens with zero attached hydrogens (tertiary/aromatic N) is 1. The van der Waals surface area contributed by atoms with Crippen molar-refractivity contribution in [1.29, 1.82) is 0 Å². The van der Waals surface area contributed by atoms with Crippen LogP contribution in [-0.2, 0) is 23.4 Å². The molecule has 4 rings (SSSR count). The average Bonchev–Trinajstić information content (AvgIpc) is 3.12. The van der Waals surface area contributed by atoms with E-state index in [-0.39, 0.29) is 11.9 Å². The molecule has 1 aromatic heterocycles. The lowest BCUT2D eigenvalue weighted by molar-refractivity contribution is -0.152. The highest BCUT2D eigenvalue weighted by molar-refractivity contribution is 7.52. The van der Waals surface area contributed by atoms with E-state index in [9.17, 15) is 24.1 Å². The van der Waals surface area contributed by atoms with Crippen molar-refractivity contribution in [2.75, 3.05) is 6.61 Å². The molecule has 14 heteroatoms. The highest BCUT2D eigenvalue weighted by atomic mass is 31.2. The maximum atomic E-state index is 15.5. The van der Waals surface area contributed by atoms with E-state index in [0.717, 1.165) is 55.9 Å². The molecule has 1 saturated carbocycles. The van der Waals surface area contributed by atoms with Crippen molar-refractivity contribution in [3.8, 4) is 5.75 Å². The minimum atomic E-state index is -4.31. The molecule has 1 aliphatic carbocycles. The average molecular weight is 570 g/mol. The smallest absolute Gasteiger partial charge is 0.459 e. The summed E-state index contributed by atoms with van der Waals surface area (Å²) in [7, 11) is -4.31. The number of rotatable bonds is 10. The molecule has 12 nitrogen and oxygen atoms in total. The van der Waals surface area contributed by atoms with E-state index < -0.39 is 61.7 Å². The van der Waals surface area contributed by atoms with E-state index in [0.29, 0.717) is 0 Å². The van der Waals surface area contributed by atoms with Gasteiger partial charge in [-0.3, -0.25) is 23.7 Å². The van der Waals surface area contributed by atoms with E-state index in [2.05, 4.69) is 5.09 Å². The molecule has 0 radical (unpaired) electrons. The molecule has 1 aliphatic heterocycles. The zero-order chi connectivity index (χ0) is 28.2. The Kier molecular flexibility index (Phi) is 9.07. The Labute approximate surface area is 224 Å². The molecule has 0 bridgehead atoms. The molecule has 3 N–H and O–H groups in total. The third-order valence-electron chi connectivity index (χ3n) is 6.74. The Bertz CT molecular complexity index is 1300. The number of aliphatic hydroxyl groups excluding tert-OH is 1. The van der Waals surface area contributed by atoms with Crippen LogP contribution < -0.4 is 20.9 Å². The topological polar surface area (TPSA) is 158 Å². The van der Waals surface area contributed by atoms with Gasteiger partial charge in [0.2, 0.25) is 0 Å². The summed E-state index contributed by atoms with van der Waals surface area (Å²) >= 11 is 0. The van der Waals surface area contributed by atoms with Crippen LogP contribution >= 0.6 is 7.75 Å². The second-order valence-electron chi connectivity index (χ2n) is 9.89. The van der Waals surface area contributed by atoms with Gasteiger partial charge in [-0.2, -0.15) is 5.09 Å². The van der Waals surface area contributed by atoms with Crippen molar-refractivity contribution in [3.63, 3.8) is 0 Å². The van der Waals surface area contributed by atoms with Crippen LogP contribution in [0, 0.1) is 0 Å². The molecule has 2 fully saturated rings. The van der Waals surface area contributed by atoms with Crippen molar-refractivity contribution in [1.82, 2.24) is 14.6 Å². The number of ether oxygens (including phenoxy) is 2. The Morgan fingerprint density at radius 1 is 1.26 bits per heavy atom. The van der Waals surface area contributed by atoms with Crippen LogP contribution in [0.1, 0.15) is 52.2 Å². The first kappa shape index (κ1) is 29.2. The number of aromatic nitrogens is 2. The van der Waals surface area contributed by atoms with Gasteiger partial charge in [-0.25, -0.2) is 13.8 Å². The molecule has 2 aromatic rings. The minimum absolute atomic E-state index is 0.169. The predicted octanol–water partition coefficient (Wildman–Crippen LogP) is 2.58. The molecular formula is C25H33FN3O9P. The number of benzene rings is 1. The van der Waals surface area contributed by atoms with Crippen molar-refractivity contribution >= 4 is 13.7 Å². The summed E-state index contributed by atoms with van der Waals surface area (Å²) in [6.07, 6.45) is 0.537. The van der Waals surface area contributed by atoms with Crippen molar-refractivity contribution in [2.24, 2.45) is 0 Å². The van der Waals surface area contributed by atoms with Crippen LogP contribution in [0.2, 0.25) is 0 Å². The number of aromatic amines is 1. The maximum absolute atomic E-state index is 15.5. The number of carbonyl (C=O) groups is 1. The molecule has 6 atom stereocenters. The number of hydrogen-bond acceptors (Lipinski definition) is 9. The van der Waals surface area contributed by atoms with Gasteiger partial charge in [0.1, 0.15) is 30.1 Å². The van der Waals surface area contributed by atoms with Gasteiger partial charge in [0, 0.05) is 12.3 Å². The number of halogens is 1. The minimum Gasteiger partial charge on any atom is -0.461 e. The third-order valence-corrected chi connectivity index (χ3v) is 8.38. The summed E-state index contributed by atoms with van der Waals surface area (Å²) in [4.78, 5) is 38.3. The number of carbonyl (C=O) groups excluding carboxylic acids is 1. The fourth-order valence-electron chi connectivity index (χ4n) is 4.58. The highest BCUT2D eigenvalue weighted by Crippen LogP contribution is 2.47. The number of esters is 1. The predicted molar refractivity (Wildman–Crippen MR) is 137 cm³/mol. The maximum Gasteiger partial charge on any atom is 0.459 e. The molecule has 0 spiro atoms.